The van der Waals surface area contributed by atoms with Crippen molar-refractivity contribution in [3.05, 3.63) is 0 Å². The van der Waals surface area contributed by atoms with Crippen LogP contribution in [0, 0.1) is 0 Å². The molecule has 0 saturated carbocycles. The number of carbonyl (C=O) groups is 2. The summed E-state index contributed by atoms with van der Waals surface area (Å²) >= 11 is 0. The van der Waals surface area contributed by atoms with E-state index in [0.717, 1.165) is 0 Å². The number of hydrogen-bond donors (Lipinski definition) is 2. The van der Waals surface area contributed by atoms with E-state index in [-0.39, 0.29) is 29.6 Å². The number of Topliss-reactive ketones (excluding diaryl/α,β-unsaturated/α-hetero) is 1. The number of carbonyl (C=O) groups excluding carboxylic acids is 2. The van der Waals surface area contributed by atoms with Crippen LogP contribution >= 0.6 is 0 Å². The van der Waals surface area contributed by atoms with E-state index in [2.05, 4.69) is 4.89 Å². The van der Waals surface area contributed by atoms with Crippen molar-refractivity contribution >= 4 is 41.3 Å². The van der Waals surface area contributed by atoms with Gasteiger partial charge in [-0.15, -0.1) is 0 Å². The first kappa shape index (κ1) is 12.7. The average molecular weight is 158 g/mol. The Balaban J connectivity index is 0. The fourth-order valence-electron chi connectivity index (χ4n) is 0.249. The molecule has 2 N–H and O–H groups in total. The second-order valence-corrected chi connectivity index (χ2v) is 1.34. The predicted molar refractivity (Wildman–Crippen MR) is 32.6 cm³/mol. The number of hydrogen-bond acceptors (Lipinski definition) is 5. The topological polar surface area (TPSA) is 83.8 Å². The van der Waals surface area contributed by atoms with Gasteiger partial charge in [-0.2, -0.15) is 5.26 Å². The molecule has 0 saturated heterocycles. The Kier molecular flexibility index (Phi) is 9.11. The third kappa shape index (κ3) is 6.18. The van der Waals surface area contributed by atoms with Crippen LogP contribution in [-0.2, 0) is 14.5 Å². The van der Waals surface area contributed by atoms with Gasteiger partial charge in [0.05, 0.1) is 0 Å². The molecule has 0 aromatic heterocycles. The van der Waals surface area contributed by atoms with Crippen LogP contribution < -0.4 is 0 Å². The summed E-state index contributed by atoms with van der Waals surface area (Å²) < 4.78 is 0. The second kappa shape index (κ2) is 7.17. The van der Waals surface area contributed by atoms with Crippen molar-refractivity contribution in [3.8, 4) is 0 Å². The molecule has 0 unspecified atom stereocenters. The van der Waals surface area contributed by atoms with Crippen LogP contribution in [0.25, 0.3) is 0 Å². The standard InChI is InChI=1S/C4H6O5.Na.H/c5-2-3(6)1-4(7)9-8;;/h5,8H,1-2H2;;. The second-order valence-electron chi connectivity index (χ2n) is 1.34. The van der Waals surface area contributed by atoms with Crippen LogP contribution in [0.15, 0.2) is 0 Å². The van der Waals surface area contributed by atoms with Crippen LogP contribution in [0.3, 0.4) is 0 Å². The number of ketones is 1. The van der Waals surface area contributed by atoms with Gasteiger partial charge in [-0.3, -0.25) is 4.79 Å². The van der Waals surface area contributed by atoms with Gasteiger partial charge in [0.2, 0.25) is 0 Å². The molecule has 0 radical (unpaired) electrons. The van der Waals surface area contributed by atoms with Crippen LogP contribution in [0.5, 0.6) is 0 Å². The van der Waals surface area contributed by atoms with Crippen LogP contribution in [-0.4, -0.2) is 58.3 Å². The zero-order valence-corrected chi connectivity index (χ0v) is 4.53. The zero-order chi connectivity index (χ0) is 7.28. The molecular formula is C4H7NaO5. The third-order valence-electron chi connectivity index (χ3n) is 0.620. The van der Waals surface area contributed by atoms with E-state index >= 15 is 0 Å². The molecule has 0 fully saturated rings. The van der Waals surface area contributed by atoms with E-state index in [1.165, 1.54) is 0 Å². The summed E-state index contributed by atoms with van der Waals surface area (Å²) in [6, 6.07) is 0. The monoisotopic (exact) mass is 158 g/mol. The Hall–Kier alpha value is 0.0600. The molecule has 0 atom stereocenters. The Morgan fingerprint density at radius 1 is 1.40 bits per heavy atom. The normalized spacial score (nSPS) is 7.80. The Morgan fingerprint density at radius 2 is 1.90 bits per heavy atom. The van der Waals surface area contributed by atoms with Gasteiger partial charge < -0.3 is 9.99 Å². The number of aliphatic hydroxyl groups excluding tert-OH is 1. The number of aliphatic hydroxyl groups is 1. The number of rotatable bonds is 3. The minimum absolute atomic E-state index is 0. The van der Waals surface area contributed by atoms with Crippen molar-refractivity contribution in [2.75, 3.05) is 6.61 Å². The molecule has 0 aliphatic carbocycles. The van der Waals surface area contributed by atoms with Crippen LogP contribution in [0.4, 0.5) is 0 Å². The molecule has 0 aromatic rings. The Bertz CT molecular complexity index is 109. The van der Waals surface area contributed by atoms with Crippen molar-refractivity contribution in [1.82, 2.24) is 0 Å². The van der Waals surface area contributed by atoms with Gasteiger partial charge in [0, 0.05) is 0 Å². The molecule has 5 nitrogen and oxygen atoms in total. The SMILES string of the molecule is O=C(CO)CC(=O)OO.[NaH]. The molecule has 10 heavy (non-hydrogen) atoms. The first-order valence-electron chi connectivity index (χ1n) is 2.17. The maximum absolute atomic E-state index is 10.1. The van der Waals surface area contributed by atoms with Gasteiger partial charge >= 0.3 is 35.5 Å². The van der Waals surface area contributed by atoms with Crippen molar-refractivity contribution < 1.29 is 24.8 Å². The summed E-state index contributed by atoms with van der Waals surface area (Å²) in [5.74, 6) is -1.75. The molecule has 0 aliphatic rings. The summed E-state index contributed by atoms with van der Waals surface area (Å²) in [6.07, 6.45) is -0.590. The minimum atomic E-state index is -1.06. The van der Waals surface area contributed by atoms with E-state index in [1.807, 2.05) is 0 Å². The first-order chi connectivity index (χ1) is 4.20. The van der Waals surface area contributed by atoms with E-state index < -0.39 is 24.8 Å². The molecule has 6 heteroatoms. The Morgan fingerprint density at radius 3 is 2.20 bits per heavy atom. The van der Waals surface area contributed by atoms with Crippen molar-refractivity contribution in [3.63, 3.8) is 0 Å². The molecule has 0 heterocycles. The fourth-order valence-corrected chi connectivity index (χ4v) is 0.249. The molecule has 54 valence electrons. The summed E-state index contributed by atoms with van der Waals surface area (Å²) in [5, 5.41) is 15.6. The van der Waals surface area contributed by atoms with Crippen LogP contribution in [0.2, 0.25) is 0 Å². The molecule has 0 aliphatic heterocycles. The Labute approximate surface area is 79.2 Å². The van der Waals surface area contributed by atoms with Gasteiger partial charge in [0.1, 0.15) is 13.0 Å². The van der Waals surface area contributed by atoms with E-state index in [4.69, 9.17) is 10.4 Å². The van der Waals surface area contributed by atoms with Crippen molar-refractivity contribution in [2.45, 2.75) is 6.42 Å². The van der Waals surface area contributed by atoms with E-state index in [9.17, 15) is 9.59 Å². The van der Waals surface area contributed by atoms with Crippen molar-refractivity contribution in [2.24, 2.45) is 0 Å². The van der Waals surface area contributed by atoms with Gasteiger partial charge in [-0.05, 0) is 0 Å². The average Bonchev–Trinajstić information content (AvgIpc) is 1.87. The summed E-state index contributed by atoms with van der Waals surface area (Å²) in [7, 11) is 0. The maximum atomic E-state index is 10.1. The summed E-state index contributed by atoms with van der Waals surface area (Å²) in [4.78, 5) is 23.2. The van der Waals surface area contributed by atoms with E-state index in [1.54, 1.807) is 0 Å². The van der Waals surface area contributed by atoms with Gasteiger partial charge in [0.15, 0.2) is 5.78 Å². The zero-order valence-electron chi connectivity index (χ0n) is 4.53. The molecular weight excluding hydrogens is 151 g/mol. The fraction of sp³-hybridized carbons (Fsp3) is 0.500. The van der Waals surface area contributed by atoms with Crippen LogP contribution in [0.1, 0.15) is 6.42 Å². The predicted octanol–water partition coefficient (Wildman–Crippen LogP) is -1.69. The third-order valence-corrected chi connectivity index (χ3v) is 0.620. The summed E-state index contributed by atoms with van der Waals surface area (Å²) in [5.41, 5.74) is 0. The molecule has 0 bridgehead atoms. The quantitative estimate of drug-likeness (QED) is 0.221. The molecule has 0 amide bonds. The molecule has 0 spiro atoms. The molecule has 0 rings (SSSR count). The van der Waals surface area contributed by atoms with Crippen molar-refractivity contribution in [1.29, 1.82) is 0 Å². The van der Waals surface area contributed by atoms with E-state index in [0.29, 0.717) is 0 Å². The summed E-state index contributed by atoms with van der Waals surface area (Å²) in [6.45, 7) is -0.713. The molecule has 0 aromatic carbocycles. The van der Waals surface area contributed by atoms with Gasteiger partial charge in [0.25, 0.3) is 0 Å². The van der Waals surface area contributed by atoms with Gasteiger partial charge in [-0.25, -0.2) is 4.79 Å². The first-order valence-corrected chi connectivity index (χ1v) is 2.17. The van der Waals surface area contributed by atoms with Gasteiger partial charge in [-0.1, -0.05) is 0 Å².